The predicted molar refractivity (Wildman–Crippen MR) is 159 cm³/mol. The molecule has 4 aromatic rings. The Morgan fingerprint density at radius 3 is 2.42 bits per heavy atom. The smallest absolute Gasteiger partial charge is 0.335 e. The molecule has 0 atom stereocenters. The highest BCUT2D eigenvalue weighted by Crippen LogP contribution is 2.39. The van der Waals surface area contributed by atoms with Crippen molar-refractivity contribution in [3.8, 4) is 11.5 Å². The number of carbonyl (C=O) groups is 3. The van der Waals surface area contributed by atoms with Gasteiger partial charge in [-0.15, -0.1) is 0 Å². The number of imide groups is 2. The number of amides is 4. The summed E-state index contributed by atoms with van der Waals surface area (Å²) in [4.78, 5) is 39.7. The van der Waals surface area contributed by atoms with E-state index >= 15 is 0 Å². The van der Waals surface area contributed by atoms with Gasteiger partial charge in [-0.25, -0.2) is 9.69 Å². The van der Waals surface area contributed by atoms with E-state index in [-0.39, 0.29) is 5.57 Å². The Morgan fingerprint density at radius 1 is 0.900 bits per heavy atom. The molecule has 1 heterocycles. The molecule has 5 rings (SSSR count). The van der Waals surface area contributed by atoms with Gasteiger partial charge < -0.3 is 9.47 Å². The van der Waals surface area contributed by atoms with Crippen LogP contribution in [0.5, 0.6) is 11.5 Å². The molecule has 0 aliphatic carbocycles. The lowest BCUT2D eigenvalue weighted by atomic mass is 10.0. The number of para-hydroxylation sites is 1. The lowest BCUT2D eigenvalue weighted by molar-refractivity contribution is -0.122. The number of rotatable bonds is 7. The standard InChI is InChI=1S/C32H27BrN2O5/c1-4-39-28-17-21(15-24-30(36)34-32(38)35(31(24)37)27-12-8-5-9-20(27)3)16-26(33)29(28)40-18-25-19(2)13-14-22-10-6-7-11-23(22)25/h5-17H,4,18H2,1-3H3,(H,34,36,38)/b24-15+. The minimum Gasteiger partial charge on any atom is -0.490 e. The van der Waals surface area contributed by atoms with E-state index < -0.39 is 17.8 Å². The number of benzene rings is 4. The fourth-order valence-electron chi connectivity index (χ4n) is 4.71. The first-order chi connectivity index (χ1) is 19.3. The Labute approximate surface area is 240 Å². The second kappa shape index (κ2) is 11.4. The van der Waals surface area contributed by atoms with E-state index in [1.807, 2.05) is 25.1 Å². The molecular formula is C32H27BrN2O5. The topological polar surface area (TPSA) is 84.9 Å². The molecule has 202 valence electrons. The monoisotopic (exact) mass is 598 g/mol. The number of nitrogens with zero attached hydrogens (tertiary/aromatic N) is 1. The Hall–Kier alpha value is -4.43. The van der Waals surface area contributed by atoms with Crippen LogP contribution in [-0.2, 0) is 16.2 Å². The number of urea groups is 1. The van der Waals surface area contributed by atoms with Crippen molar-refractivity contribution < 1.29 is 23.9 Å². The molecule has 40 heavy (non-hydrogen) atoms. The van der Waals surface area contributed by atoms with Crippen LogP contribution in [0.2, 0.25) is 0 Å². The maximum absolute atomic E-state index is 13.4. The molecule has 1 fully saturated rings. The first kappa shape index (κ1) is 27.1. The van der Waals surface area contributed by atoms with Crippen molar-refractivity contribution in [3.05, 3.63) is 105 Å². The molecule has 4 aromatic carbocycles. The Bertz CT molecular complexity index is 1690. The number of hydrogen-bond donors (Lipinski definition) is 1. The average molecular weight is 599 g/mol. The molecule has 8 heteroatoms. The van der Waals surface area contributed by atoms with Crippen molar-refractivity contribution in [2.24, 2.45) is 0 Å². The first-order valence-electron chi connectivity index (χ1n) is 12.8. The predicted octanol–water partition coefficient (Wildman–Crippen LogP) is 6.86. The van der Waals surface area contributed by atoms with E-state index in [9.17, 15) is 14.4 Å². The largest absolute Gasteiger partial charge is 0.490 e. The zero-order chi connectivity index (χ0) is 28.4. The molecule has 7 nitrogen and oxygen atoms in total. The quantitative estimate of drug-likeness (QED) is 0.185. The van der Waals surface area contributed by atoms with E-state index in [2.05, 4.69) is 52.4 Å². The average Bonchev–Trinajstić information content (AvgIpc) is 2.92. The van der Waals surface area contributed by atoms with Crippen molar-refractivity contribution in [3.63, 3.8) is 0 Å². The van der Waals surface area contributed by atoms with E-state index in [1.54, 1.807) is 37.3 Å². The van der Waals surface area contributed by atoms with Gasteiger partial charge in [0.05, 0.1) is 16.8 Å². The van der Waals surface area contributed by atoms with E-state index in [1.165, 1.54) is 6.08 Å². The van der Waals surface area contributed by atoms with Crippen LogP contribution in [0.3, 0.4) is 0 Å². The molecule has 1 N–H and O–H groups in total. The van der Waals surface area contributed by atoms with Crippen molar-refractivity contribution in [2.45, 2.75) is 27.4 Å². The van der Waals surface area contributed by atoms with Gasteiger partial charge in [0.25, 0.3) is 11.8 Å². The van der Waals surface area contributed by atoms with Crippen LogP contribution < -0.4 is 19.7 Å². The van der Waals surface area contributed by atoms with Crippen molar-refractivity contribution in [1.82, 2.24) is 5.32 Å². The lowest BCUT2D eigenvalue weighted by Gasteiger charge is -2.27. The van der Waals surface area contributed by atoms with Crippen LogP contribution in [0, 0.1) is 13.8 Å². The van der Waals surface area contributed by atoms with Gasteiger partial charge in [0.2, 0.25) is 0 Å². The maximum Gasteiger partial charge on any atom is 0.335 e. The third-order valence-electron chi connectivity index (χ3n) is 6.74. The number of hydrogen-bond acceptors (Lipinski definition) is 5. The minimum absolute atomic E-state index is 0.169. The van der Waals surface area contributed by atoms with Crippen molar-refractivity contribution >= 4 is 56.3 Å². The summed E-state index contributed by atoms with van der Waals surface area (Å²) in [6, 6.07) is 22.0. The highest BCUT2D eigenvalue weighted by atomic mass is 79.9. The van der Waals surface area contributed by atoms with E-state index in [4.69, 9.17) is 9.47 Å². The van der Waals surface area contributed by atoms with Gasteiger partial charge in [-0.05, 0) is 88.4 Å². The third kappa shape index (κ3) is 5.22. The lowest BCUT2D eigenvalue weighted by Crippen LogP contribution is -2.54. The number of anilines is 1. The molecular weight excluding hydrogens is 572 g/mol. The number of ether oxygens (including phenoxy) is 2. The highest BCUT2D eigenvalue weighted by molar-refractivity contribution is 9.10. The van der Waals surface area contributed by atoms with Gasteiger partial charge >= 0.3 is 6.03 Å². The van der Waals surface area contributed by atoms with E-state index in [0.717, 1.165) is 32.4 Å². The fraction of sp³-hybridized carbons (Fsp3) is 0.156. The minimum atomic E-state index is -0.787. The number of halogens is 1. The molecule has 1 aliphatic heterocycles. The summed E-state index contributed by atoms with van der Waals surface area (Å²) in [7, 11) is 0. The van der Waals surface area contributed by atoms with Gasteiger partial charge in [0.15, 0.2) is 11.5 Å². The molecule has 0 spiro atoms. The summed E-state index contributed by atoms with van der Waals surface area (Å²) in [6.07, 6.45) is 1.45. The van der Waals surface area contributed by atoms with Gasteiger partial charge in [0.1, 0.15) is 12.2 Å². The number of fused-ring (bicyclic) bond motifs is 1. The van der Waals surface area contributed by atoms with Crippen LogP contribution in [0.15, 0.2) is 82.8 Å². The molecule has 1 aliphatic rings. The fourth-order valence-corrected chi connectivity index (χ4v) is 5.29. The second-order valence-corrected chi connectivity index (χ2v) is 10.2. The summed E-state index contributed by atoms with van der Waals surface area (Å²) in [5.74, 6) is -0.505. The summed E-state index contributed by atoms with van der Waals surface area (Å²) < 4.78 is 12.8. The van der Waals surface area contributed by atoms with Crippen LogP contribution in [0.1, 0.15) is 29.2 Å². The third-order valence-corrected chi connectivity index (χ3v) is 7.33. The number of carbonyl (C=O) groups excluding carboxylic acids is 3. The Kier molecular flexibility index (Phi) is 7.71. The van der Waals surface area contributed by atoms with Crippen LogP contribution in [0.4, 0.5) is 10.5 Å². The maximum atomic E-state index is 13.4. The summed E-state index contributed by atoms with van der Waals surface area (Å²) in [5, 5.41) is 4.52. The van der Waals surface area contributed by atoms with Crippen LogP contribution >= 0.6 is 15.9 Å². The molecule has 1 saturated heterocycles. The first-order valence-corrected chi connectivity index (χ1v) is 13.6. The van der Waals surface area contributed by atoms with Gasteiger partial charge in [-0.1, -0.05) is 54.6 Å². The SMILES string of the molecule is CCOc1cc(/C=C2\C(=O)NC(=O)N(c3ccccc3C)C2=O)cc(Br)c1OCc1c(C)ccc2ccccc12. The zero-order valence-electron chi connectivity index (χ0n) is 22.3. The highest BCUT2D eigenvalue weighted by Gasteiger charge is 2.37. The van der Waals surface area contributed by atoms with Gasteiger partial charge in [-0.3, -0.25) is 14.9 Å². The second-order valence-electron chi connectivity index (χ2n) is 9.38. The van der Waals surface area contributed by atoms with Crippen molar-refractivity contribution in [1.29, 1.82) is 0 Å². The number of nitrogens with one attached hydrogen (secondary N) is 1. The number of barbiturate groups is 1. The normalized spacial score (nSPS) is 14.6. The van der Waals surface area contributed by atoms with E-state index in [0.29, 0.717) is 40.4 Å². The summed E-state index contributed by atoms with van der Waals surface area (Å²) in [5.41, 5.74) is 3.68. The molecule has 0 radical (unpaired) electrons. The van der Waals surface area contributed by atoms with Gasteiger partial charge in [0, 0.05) is 5.56 Å². The molecule has 0 unspecified atom stereocenters. The Morgan fingerprint density at radius 2 is 1.65 bits per heavy atom. The number of aryl methyl sites for hydroxylation is 2. The van der Waals surface area contributed by atoms with Crippen molar-refractivity contribution in [2.75, 3.05) is 11.5 Å². The van der Waals surface area contributed by atoms with Crippen LogP contribution in [0.25, 0.3) is 16.8 Å². The zero-order valence-corrected chi connectivity index (χ0v) is 23.9. The molecule has 0 aromatic heterocycles. The molecule has 0 bridgehead atoms. The van der Waals surface area contributed by atoms with Crippen LogP contribution in [-0.4, -0.2) is 24.5 Å². The molecule has 4 amide bonds. The van der Waals surface area contributed by atoms with Gasteiger partial charge in [-0.2, -0.15) is 0 Å². The summed E-state index contributed by atoms with van der Waals surface area (Å²) in [6.45, 7) is 6.41. The molecule has 0 saturated carbocycles. The Balaban J connectivity index is 1.49. The summed E-state index contributed by atoms with van der Waals surface area (Å²) >= 11 is 3.59.